The van der Waals surface area contributed by atoms with Crippen molar-refractivity contribution in [3.8, 4) is 0 Å². The minimum atomic E-state index is -3.78. The van der Waals surface area contributed by atoms with E-state index in [1.807, 2.05) is 24.3 Å². The molecule has 0 heterocycles. The molecule has 0 radical (unpaired) electrons. The summed E-state index contributed by atoms with van der Waals surface area (Å²) in [5.41, 5.74) is 5.19. The van der Waals surface area contributed by atoms with E-state index in [2.05, 4.69) is 31.3 Å². The predicted octanol–water partition coefficient (Wildman–Crippen LogP) is 4.60. The Morgan fingerprint density at radius 2 is 1.70 bits per heavy atom. The van der Waals surface area contributed by atoms with Crippen LogP contribution in [0.1, 0.15) is 38.8 Å². The Morgan fingerprint density at radius 1 is 1.10 bits per heavy atom. The van der Waals surface area contributed by atoms with Gasteiger partial charge in [-0.15, -0.1) is 0 Å². The zero-order valence-electron chi connectivity index (χ0n) is 17.5. The molecule has 0 saturated heterocycles. The Hall–Kier alpha value is -2.09. The van der Waals surface area contributed by atoms with Gasteiger partial charge in [0.05, 0.1) is 27.7 Å². The van der Waals surface area contributed by atoms with Gasteiger partial charge < -0.3 is 0 Å². The Labute approximate surface area is 187 Å². The average molecular weight is 470 g/mol. The van der Waals surface area contributed by atoms with Crippen LogP contribution in [0, 0.1) is 0 Å². The number of nitrogens with one attached hydrogen (secondary N) is 1. The first kappa shape index (κ1) is 24.2. The number of carbonyl (C=O) groups is 1. The number of hydrazone groups is 1. The van der Waals surface area contributed by atoms with Crippen LogP contribution in [0.15, 0.2) is 47.6 Å². The number of benzene rings is 2. The van der Waals surface area contributed by atoms with E-state index in [4.69, 9.17) is 23.2 Å². The molecule has 0 spiro atoms. The van der Waals surface area contributed by atoms with Crippen LogP contribution in [0.5, 0.6) is 0 Å². The van der Waals surface area contributed by atoms with Crippen molar-refractivity contribution < 1.29 is 13.2 Å². The normalized spacial score (nSPS) is 12.6. The van der Waals surface area contributed by atoms with Gasteiger partial charge in [0.25, 0.3) is 5.91 Å². The van der Waals surface area contributed by atoms with Gasteiger partial charge in [0.1, 0.15) is 6.54 Å². The van der Waals surface area contributed by atoms with Gasteiger partial charge in [0, 0.05) is 0 Å². The van der Waals surface area contributed by atoms with E-state index in [1.54, 1.807) is 13.0 Å². The van der Waals surface area contributed by atoms with Gasteiger partial charge in [0.15, 0.2) is 0 Å². The third kappa shape index (κ3) is 6.20. The Bertz CT molecular complexity index is 1060. The van der Waals surface area contributed by atoms with E-state index >= 15 is 0 Å². The van der Waals surface area contributed by atoms with Crippen LogP contribution >= 0.6 is 23.2 Å². The van der Waals surface area contributed by atoms with Crippen LogP contribution in [0.25, 0.3) is 0 Å². The molecule has 0 aliphatic heterocycles. The van der Waals surface area contributed by atoms with Crippen molar-refractivity contribution in [2.24, 2.45) is 5.10 Å². The van der Waals surface area contributed by atoms with Crippen molar-refractivity contribution in [1.82, 2.24) is 5.43 Å². The summed E-state index contributed by atoms with van der Waals surface area (Å²) in [5, 5.41) is 4.33. The van der Waals surface area contributed by atoms with Crippen LogP contribution < -0.4 is 9.73 Å². The van der Waals surface area contributed by atoms with Crippen LogP contribution in [0.4, 0.5) is 5.69 Å². The monoisotopic (exact) mass is 469 g/mol. The molecule has 0 unspecified atom stereocenters. The van der Waals surface area contributed by atoms with Crippen molar-refractivity contribution >= 4 is 50.5 Å². The number of sulfonamides is 1. The lowest BCUT2D eigenvalue weighted by atomic mass is 9.86. The van der Waals surface area contributed by atoms with Gasteiger partial charge in [-0.2, -0.15) is 5.10 Å². The van der Waals surface area contributed by atoms with E-state index in [0.717, 1.165) is 16.1 Å². The molecule has 0 aliphatic carbocycles. The lowest BCUT2D eigenvalue weighted by molar-refractivity contribution is -0.119. The van der Waals surface area contributed by atoms with Crippen molar-refractivity contribution in [3.05, 3.63) is 63.6 Å². The largest absolute Gasteiger partial charge is 0.271 e. The summed E-state index contributed by atoms with van der Waals surface area (Å²) in [7, 11) is -3.78. The molecule has 0 bridgehead atoms. The zero-order chi connectivity index (χ0) is 22.7. The van der Waals surface area contributed by atoms with Gasteiger partial charge in [-0.25, -0.2) is 13.8 Å². The summed E-state index contributed by atoms with van der Waals surface area (Å²) in [6.07, 6.45) is 0.989. The highest BCUT2D eigenvalue weighted by atomic mass is 35.5. The van der Waals surface area contributed by atoms with Gasteiger partial charge in [-0.1, -0.05) is 74.3 Å². The molecule has 0 atom stereocenters. The molecule has 0 aromatic heterocycles. The maximum Gasteiger partial charge on any atom is 0.260 e. The first-order valence-electron chi connectivity index (χ1n) is 9.16. The van der Waals surface area contributed by atoms with Gasteiger partial charge >= 0.3 is 0 Å². The highest BCUT2D eigenvalue weighted by molar-refractivity contribution is 7.92. The summed E-state index contributed by atoms with van der Waals surface area (Å²) in [4.78, 5) is 12.4. The average Bonchev–Trinajstić information content (AvgIpc) is 2.65. The topological polar surface area (TPSA) is 78.8 Å². The number of anilines is 1. The quantitative estimate of drug-likeness (QED) is 0.495. The predicted molar refractivity (Wildman–Crippen MR) is 124 cm³/mol. The molecule has 1 N–H and O–H groups in total. The van der Waals surface area contributed by atoms with Crippen LogP contribution in [0.2, 0.25) is 10.0 Å². The molecule has 2 rings (SSSR count). The van der Waals surface area contributed by atoms with Crippen molar-refractivity contribution in [1.29, 1.82) is 0 Å². The maximum atomic E-state index is 12.4. The SMILES string of the molecule is C/C(=N/NC(=O)CN(c1cccc(Cl)c1Cl)S(C)(=O)=O)c1ccc(C(C)(C)C)cc1. The Morgan fingerprint density at radius 3 is 2.23 bits per heavy atom. The zero-order valence-corrected chi connectivity index (χ0v) is 19.9. The summed E-state index contributed by atoms with van der Waals surface area (Å²) in [6.45, 7) is 7.65. The summed E-state index contributed by atoms with van der Waals surface area (Å²) in [6, 6.07) is 12.5. The second-order valence-corrected chi connectivity index (χ2v) is 10.6. The molecule has 162 valence electrons. The molecule has 2 aromatic rings. The highest BCUT2D eigenvalue weighted by Gasteiger charge is 2.24. The second kappa shape index (κ2) is 9.37. The number of hydrogen-bond acceptors (Lipinski definition) is 4. The minimum Gasteiger partial charge on any atom is -0.271 e. The Balaban J connectivity index is 2.16. The fourth-order valence-electron chi connectivity index (χ4n) is 2.65. The number of rotatable bonds is 6. The third-order valence-electron chi connectivity index (χ3n) is 4.40. The number of nitrogens with zero attached hydrogens (tertiary/aromatic N) is 2. The summed E-state index contributed by atoms with van der Waals surface area (Å²) >= 11 is 12.1. The van der Waals surface area contributed by atoms with E-state index in [1.165, 1.54) is 17.7 Å². The Kier molecular flexibility index (Phi) is 7.55. The van der Waals surface area contributed by atoms with E-state index in [9.17, 15) is 13.2 Å². The fraction of sp³-hybridized carbons (Fsp3) is 0.333. The molecule has 1 amide bonds. The number of amides is 1. The van der Waals surface area contributed by atoms with Gasteiger partial charge in [-0.3, -0.25) is 9.10 Å². The van der Waals surface area contributed by atoms with Crippen molar-refractivity contribution in [3.63, 3.8) is 0 Å². The van der Waals surface area contributed by atoms with Crippen LogP contribution in [-0.2, 0) is 20.2 Å². The van der Waals surface area contributed by atoms with Crippen LogP contribution in [-0.4, -0.2) is 32.8 Å². The standard InChI is InChI=1S/C21H25Cl2N3O3S/c1-14(15-9-11-16(12-10-15)21(2,3)4)24-25-19(27)13-26(30(5,28)29)18-8-6-7-17(22)20(18)23/h6-12H,13H2,1-5H3,(H,25,27)/b24-14-. The summed E-state index contributed by atoms with van der Waals surface area (Å²) < 4.78 is 25.3. The highest BCUT2D eigenvalue weighted by Crippen LogP contribution is 2.33. The lowest BCUT2D eigenvalue weighted by Crippen LogP contribution is -2.39. The first-order valence-corrected chi connectivity index (χ1v) is 11.8. The van der Waals surface area contributed by atoms with Crippen molar-refractivity contribution in [2.75, 3.05) is 17.1 Å². The van der Waals surface area contributed by atoms with E-state index in [0.29, 0.717) is 5.71 Å². The van der Waals surface area contributed by atoms with E-state index < -0.39 is 22.5 Å². The molecule has 0 fully saturated rings. The number of halogens is 2. The molecule has 6 nitrogen and oxygen atoms in total. The molecular formula is C21H25Cl2N3O3S. The smallest absolute Gasteiger partial charge is 0.260 e. The first-order chi connectivity index (χ1) is 13.8. The number of carbonyl (C=O) groups excluding carboxylic acids is 1. The fourth-order valence-corrected chi connectivity index (χ4v) is 3.96. The molecular weight excluding hydrogens is 445 g/mol. The maximum absolute atomic E-state index is 12.4. The number of hydrogen-bond donors (Lipinski definition) is 1. The molecule has 0 saturated carbocycles. The van der Waals surface area contributed by atoms with Gasteiger partial charge in [-0.05, 0) is 35.6 Å². The molecule has 9 heteroatoms. The second-order valence-electron chi connectivity index (χ2n) is 7.90. The lowest BCUT2D eigenvalue weighted by Gasteiger charge is -2.22. The van der Waals surface area contributed by atoms with Crippen LogP contribution in [0.3, 0.4) is 0 Å². The molecule has 0 aliphatic rings. The molecule has 2 aromatic carbocycles. The van der Waals surface area contributed by atoms with Gasteiger partial charge in [0.2, 0.25) is 10.0 Å². The summed E-state index contributed by atoms with van der Waals surface area (Å²) in [5.74, 6) is -0.609. The van der Waals surface area contributed by atoms with Crippen molar-refractivity contribution in [2.45, 2.75) is 33.1 Å². The third-order valence-corrected chi connectivity index (χ3v) is 6.34. The van der Waals surface area contributed by atoms with E-state index in [-0.39, 0.29) is 21.1 Å². The minimum absolute atomic E-state index is 0.0362. The molecule has 30 heavy (non-hydrogen) atoms.